The SMILES string of the molecule is COc1cccc(/C=C/C(=O)NCc2cccnc2)c1OC(F)F. The number of ether oxygens (including phenoxy) is 2. The van der Waals surface area contributed by atoms with Crippen LogP contribution in [0, 0.1) is 0 Å². The molecule has 0 radical (unpaired) electrons. The van der Waals surface area contributed by atoms with Gasteiger partial charge in [0, 0.05) is 30.6 Å². The van der Waals surface area contributed by atoms with Crippen molar-refractivity contribution in [3.05, 3.63) is 59.9 Å². The minimum atomic E-state index is -2.99. The van der Waals surface area contributed by atoms with Crippen molar-refractivity contribution in [3.63, 3.8) is 0 Å². The molecule has 24 heavy (non-hydrogen) atoms. The number of hydrogen-bond acceptors (Lipinski definition) is 4. The fourth-order valence-electron chi connectivity index (χ4n) is 1.96. The zero-order chi connectivity index (χ0) is 17.4. The zero-order valence-corrected chi connectivity index (χ0v) is 12.9. The van der Waals surface area contributed by atoms with Gasteiger partial charge < -0.3 is 14.8 Å². The van der Waals surface area contributed by atoms with Gasteiger partial charge in [-0.1, -0.05) is 18.2 Å². The molecule has 0 saturated carbocycles. The lowest BCUT2D eigenvalue weighted by Gasteiger charge is -2.12. The number of carbonyl (C=O) groups is 1. The lowest BCUT2D eigenvalue weighted by atomic mass is 10.1. The van der Waals surface area contributed by atoms with Crippen molar-refractivity contribution < 1.29 is 23.0 Å². The number of alkyl halides is 2. The van der Waals surface area contributed by atoms with E-state index in [1.807, 2.05) is 6.07 Å². The summed E-state index contributed by atoms with van der Waals surface area (Å²) in [5, 5.41) is 2.67. The highest BCUT2D eigenvalue weighted by Crippen LogP contribution is 2.33. The van der Waals surface area contributed by atoms with E-state index in [-0.39, 0.29) is 17.4 Å². The first-order valence-electron chi connectivity index (χ1n) is 7.06. The lowest BCUT2D eigenvalue weighted by Crippen LogP contribution is -2.20. The number of amides is 1. The number of rotatable bonds is 7. The topological polar surface area (TPSA) is 60.5 Å². The van der Waals surface area contributed by atoms with Gasteiger partial charge in [-0.2, -0.15) is 8.78 Å². The molecular weight excluding hydrogens is 318 g/mol. The molecule has 0 spiro atoms. The van der Waals surface area contributed by atoms with E-state index in [0.717, 1.165) is 5.56 Å². The Morgan fingerprint density at radius 3 is 2.83 bits per heavy atom. The summed E-state index contributed by atoms with van der Waals surface area (Å²) in [6.45, 7) is -2.68. The summed E-state index contributed by atoms with van der Waals surface area (Å²) in [7, 11) is 1.35. The van der Waals surface area contributed by atoms with Crippen LogP contribution in [0.5, 0.6) is 11.5 Å². The highest BCUT2D eigenvalue weighted by atomic mass is 19.3. The summed E-state index contributed by atoms with van der Waals surface area (Å²) in [6, 6.07) is 8.25. The molecule has 1 aromatic heterocycles. The van der Waals surface area contributed by atoms with Gasteiger partial charge in [-0.05, 0) is 23.8 Å². The Balaban J connectivity index is 2.06. The van der Waals surface area contributed by atoms with Gasteiger partial charge in [-0.25, -0.2) is 0 Å². The Kier molecular flexibility index (Phi) is 6.24. The predicted molar refractivity (Wildman–Crippen MR) is 84.7 cm³/mol. The first-order chi connectivity index (χ1) is 11.6. The Morgan fingerprint density at radius 2 is 2.17 bits per heavy atom. The number of aromatic nitrogens is 1. The molecule has 1 amide bonds. The van der Waals surface area contributed by atoms with Crippen LogP contribution in [0.2, 0.25) is 0 Å². The van der Waals surface area contributed by atoms with Crippen molar-refractivity contribution in [3.8, 4) is 11.5 Å². The molecule has 0 aliphatic carbocycles. The number of benzene rings is 1. The number of halogens is 2. The van der Waals surface area contributed by atoms with Crippen LogP contribution in [0.1, 0.15) is 11.1 Å². The number of hydrogen-bond donors (Lipinski definition) is 1. The van der Waals surface area contributed by atoms with Crippen molar-refractivity contribution in [1.82, 2.24) is 10.3 Å². The predicted octanol–water partition coefficient (Wildman–Crippen LogP) is 3.02. The van der Waals surface area contributed by atoms with Crippen LogP contribution < -0.4 is 14.8 Å². The molecule has 0 atom stereocenters. The smallest absolute Gasteiger partial charge is 0.387 e. The van der Waals surface area contributed by atoms with Crippen molar-refractivity contribution in [2.75, 3.05) is 7.11 Å². The molecular formula is C17H16F2N2O3. The molecule has 0 unspecified atom stereocenters. The average molecular weight is 334 g/mol. The highest BCUT2D eigenvalue weighted by Gasteiger charge is 2.13. The molecule has 7 heteroatoms. The molecule has 0 fully saturated rings. The van der Waals surface area contributed by atoms with E-state index in [1.54, 1.807) is 30.6 Å². The summed E-state index contributed by atoms with van der Waals surface area (Å²) in [4.78, 5) is 15.8. The second-order valence-electron chi connectivity index (χ2n) is 4.67. The molecule has 0 aliphatic heterocycles. The van der Waals surface area contributed by atoms with Crippen LogP contribution >= 0.6 is 0 Å². The first-order valence-corrected chi connectivity index (χ1v) is 7.06. The minimum absolute atomic E-state index is 0.119. The number of para-hydroxylation sites is 1. The van der Waals surface area contributed by atoms with Crippen molar-refractivity contribution in [1.29, 1.82) is 0 Å². The van der Waals surface area contributed by atoms with Crippen LogP contribution in [0.15, 0.2) is 48.8 Å². The van der Waals surface area contributed by atoms with E-state index in [0.29, 0.717) is 12.1 Å². The second-order valence-corrected chi connectivity index (χ2v) is 4.67. The number of methoxy groups -OCH3 is 1. The zero-order valence-electron chi connectivity index (χ0n) is 12.9. The van der Waals surface area contributed by atoms with Crippen LogP contribution in [0.4, 0.5) is 8.78 Å². The normalized spacial score (nSPS) is 10.8. The van der Waals surface area contributed by atoms with Crippen molar-refractivity contribution in [2.45, 2.75) is 13.2 Å². The third kappa shape index (κ3) is 5.05. The quantitative estimate of drug-likeness (QED) is 0.791. The number of nitrogens with zero attached hydrogens (tertiary/aromatic N) is 1. The Hall–Kier alpha value is -2.96. The van der Waals surface area contributed by atoms with Gasteiger partial charge in [0.15, 0.2) is 11.5 Å². The third-order valence-electron chi connectivity index (χ3n) is 3.04. The average Bonchev–Trinajstić information content (AvgIpc) is 2.59. The molecule has 0 saturated heterocycles. The molecule has 126 valence electrons. The van der Waals surface area contributed by atoms with E-state index in [1.165, 1.54) is 25.3 Å². The van der Waals surface area contributed by atoms with Crippen LogP contribution in [0.25, 0.3) is 6.08 Å². The molecule has 1 aromatic carbocycles. The Bertz CT molecular complexity index is 706. The molecule has 0 bridgehead atoms. The second kappa shape index (κ2) is 8.61. The maximum atomic E-state index is 12.5. The number of pyridine rings is 1. The van der Waals surface area contributed by atoms with E-state index in [9.17, 15) is 13.6 Å². The minimum Gasteiger partial charge on any atom is -0.493 e. The largest absolute Gasteiger partial charge is 0.493 e. The fraction of sp³-hybridized carbons (Fsp3) is 0.176. The van der Waals surface area contributed by atoms with Crippen LogP contribution in [0.3, 0.4) is 0 Å². The van der Waals surface area contributed by atoms with Crippen LogP contribution in [-0.4, -0.2) is 24.6 Å². The molecule has 2 aromatic rings. The van der Waals surface area contributed by atoms with Crippen molar-refractivity contribution >= 4 is 12.0 Å². The summed E-state index contributed by atoms with van der Waals surface area (Å²) in [6.07, 6.45) is 5.90. The standard InChI is InChI=1S/C17H16F2N2O3/c1-23-14-6-2-5-13(16(14)24-17(18)19)7-8-15(22)21-11-12-4-3-9-20-10-12/h2-10,17H,11H2,1H3,(H,21,22)/b8-7+. The molecule has 5 nitrogen and oxygen atoms in total. The summed E-state index contributed by atoms with van der Waals surface area (Å²) >= 11 is 0. The van der Waals surface area contributed by atoms with E-state index in [4.69, 9.17) is 4.74 Å². The van der Waals surface area contributed by atoms with Crippen LogP contribution in [-0.2, 0) is 11.3 Å². The summed E-state index contributed by atoms with van der Waals surface area (Å²) in [5.74, 6) is -0.329. The van der Waals surface area contributed by atoms with Gasteiger partial charge in [0.25, 0.3) is 0 Å². The monoisotopic (exact) mass is 334 g/mol. The summed E-state index contributed by atoms with van der Waals surface area (Å²) < 4.78 is 34.6. The van der Waals surface area contributed by atoms with Crippen molar-refractivity contribution in [2.24, 2.45) is 0 Å². The van der Waals surface area contributed by atoms with Gasteiger partial charge in [-0.3, -0.25) is 9.78 Å². The molecule has 1 heterocycles. The van der Waals surface area contributed by atoms with Gasteiger partial charge in [0.2, 0.25) is 5.91 Å². The Morgan fingerprint density at radius 1 is 1.33 bits per heavy atom. The first kappa shape index (κ1) is 17.4. The molecule has 1 N–H and O–H groups in total. The van der Waals surface area contributed by atoms with Gasteiger partial charge in [0.1, 0.15) is 0 Å². The maximum Gasteiger partial charge on any atom is 0.387 e. The highest BCUT2D eigenvalue weighted by molar-refractivity contribution is 5.92. The van der Waals surface area contributed by atoms with Gasteiger partial charge >= 0.3 is 6.61 Å². The van der Waals surface area contributed by atoms with E-state index >= 15 is 0 Å². The molecule has 0 aliphatic rings. The number of nitrogens with one attached hydrogen (secondary N) is 1. The Labute approximate surface area is 137 Å². The third-order valence-corrected chi connectivity index (χ3v) is 3.04. The van der Waals surface area contributed by atoms with Gasteiger partial charge in [-0.15, -0.1) is 0 Å². The lowest BCUT2D eigenvalue weighted by molar-refractivity contribution is -0.116. The van der Waals surface area contributed by atoms with Gasteiger partial charge in [0.05, 0.1) is 7.11 Å². The maximum absolute atomic E-state index is 12.5. The van der Waals surface area contributed by atoms with E-state index in [2.05, 4.69) is 15.0 Å². The number of carbonyl (C=O) groups excluding carboxylic acids is 1. The summed E-state index contributed by atoms with van der Waals surface area (Å²) in [5.41, 5.74) is 1.16. The van der Waals surface area contributed by atoms with E-state index < -0.39 is 6.61 Å². The fourth-order valence-corrected chi connectivity index (χ4v) is 1.96. The molecule has 2 rings (SSSR count).